The Balaban J connectivity index is 0.00000261. The van der Waals surface area contributed by atoms with E-state index < -0.39 is 20.9 Å². The quantitative estimate of drug-likeness (QED) is 0.327. The molecule has 0 aliphatic heterocycles. The second-order valence-electron chi connectivity index (χ2n) is 5.17. The molecule has 1 aromatic heterocycles. The number of amides is 1. The number of carbonyl (C=O) groups is 1. The van der Waals surface area contributed by atoms with E-state index in [0.29, 0.717) is 11.0 Å². The summed E-state index contributed by atoms with van der Waals surface area (Å²) in [4.78, 5) is 19.8. The van der Waals surface area contributed by atoms with Crippen molar-refractivity contribution in [2.75, 3.05) is 11.1 Å². The van der Waals surface area contributed by atoms with Gasteiger partial charge in [0.05, 0.1) is 15.9 Å². The van der Waals surface area contributed by atoms with Gasteiger partial charge in [0.25, 0.3) is 5.91 Å². The molecule has 0 aliphatic rings. The minimum absolute atomic E-state index is 0. The van der Waals surface area contributed by atoms with Crippen molar-refractivity contribution in [1.82, 2.24) is 9.97 Å². The molecule has 3 N–H and O–H groups in total. The Morgan fingerprint density at radius 2 is 1.67 bits per heavy atom. The molecular formula is C15H9Cl2N4NaO4S. The molecule has 27 heavy (non-hydrogen) atoms. The number of fused-ring (bicyclic) bond motifs is 1. The average Bonchev–Trinajstić information content (AvgIpc) is 2.56. The van der Waals surface area contributed by atoms with Crippen LogP contribution in [0.4, 0.5) is 11.4 Å². The van der Waals surface area contributed by atoms with Gasteiger partial charge in [0.15, 0.2) is 10.3 Å². The summed E-state index contributed by atoms with van der Waals surface area (Å²) in [6.45, 7) is 0. The molecule has 134 valence electrons. The van der Waals surface area contributed by atoms with E-state index in [1.165, 1.54) is 30.3 Å². The molecule has 0 atom stereocenters. The fourth-order valence-electron chi connectivity index (χ4n) is 2.18. The molecule has 3 aromatic rings. The molecule has 0 spiro atoms. The molecule has 0 aliphatic carbocycles. The number of rotatable bonds is 3. The summed E-state index contributed by atoms with van der Waals surface area (Å²) in [6, 6.07) is 8.05. The molecule has 0 radical (unpaired) electrons. The van der Waals surface area contributed by atoms with Crippen LogP contribution >= 0.6 is 23.2 Å². The van der Waals surface area contributed by atoms with Gasteiger partial charge >= 0.3 is 29.6 Å². The van der Waals surface area contributed by atoms with Crippen LogP contribution in [0.25, 0.3) is 11.0 Å². The Kier molecular flexibility index (Phi) is 6.69. The third kappa shape index (κ3) is 4.88. The second kappa shape index (κ2) is 8.27. The summed E-state index contributed by atoms with van der Waals surface area (Å²) in [5, 5.41) is 2.53. The van der Waals surface area contributed by atoms with Gasteiger partial charge in [-0.2, -0.15) is 0 Å². The van der Waals surface area contributed by atoms with E-state index in [1.807, 2.05) is 0 Å². The molecule has 12 heteroatoms. The molecule has 0 unspecified atom stereocenters. The predicted octanol–water partition coefficient (Wildman–Crippen LogP) is -0.321. The van der Waals surface area contributed by atoms with Crippen molar-refractivity contribution in [2.45, 2.75) is 4.90 Å². The van der Waals surface area contributed by atoms with E-state index >= 15 is 0 Å². The third-order valence-corrected chi connectivity index (χ3v) is 4.90. The van der Waals surface area contributed by atoms with Crippen LogP contribution in [0.3, 0.4) is 0 Å². The number of nitrogens with zero attached hydrogens (tertiary/aromatic N) is 2. The minimum Gasteiger partial charge on any atom is -0.744 e. The van der Waals surface area contributed by atoms with Crippen LogP contribution < -0.4 is 40.6 Å². The summed E-state index contributed by atoms with van der Waals surface area (Å²) in [5.74, 6) is -0.557. The van der Waals surface area contributed by atoms with Crippen LogP contribution in [-0.2, 0) is 10.1 Å². The summed E-state index contributed by atoms with van der Waals surface area (Å²) >= 11 is 11.6. The van der Waals surface area contributed by atoms with E-state index in [1.54, 1.807) is 0 Å². The van der Waals surface area contributed by atoms with Gasteiger partial charge in [-0.05, 0) is 36.4 Å². The van der Waals surface area contributed by atoms with Crippen molar-refractivity contribution in [3.8, 4) is 0 Å². The SMILES string of the molecule is Nc1ccc(NC(=O)c2ccc3nc(Cl)c(Cl)nc3c2)cc1S(=O)(=O)[O-].[Na+]. The predicted molar refractivity (Wildman–Crippen MR) is 96.3 cm³/mol. The maximum absolute atomic E-state index is 12.4. The molecule has 1 amide bonds. The van der Waals surface area contributed by atoms with E-state index in [0.717, 1.165) is 6.07 Å². The van der Waals surface area contributed by atoms with Crippen LogP contribution in [0.15, 0.2) is 41.3 Å². The monoisotopic (exact) mass is 434 g/mol. The van der Waals surface area contributed by atoms with Gasteiger partial charge in [0.1, 0.15) is 10.1 Å². The number of aromatic nitrogens is 2. The van der Waals surface area contributed by atoms with Crippen molar-refractivity contribution in [3.05, 3.63) is 52.3 Å². The van der Waals surface area contributed by atoms with Crippen LogP contribution in [-0.4, -0.2) is 28.8 Å². The largest absolute Gasteiger partial charge is 1.00 e. The number of nitrogens with two attached hydrogens (primary N) is 1. The normalized spacial score (nSPS) is 11.1. The fraction of sp³-hybridized carbons (Fsp3) is 0. The maximum atomic E-state index is 12.4. The van der Waals surface area contributed by atoms with Crippen molar-refractivity contribution >= 4 is 61.6 Å². The first-order valence-electron chi connectivity index (χ1n) is 6.95. The number of hydrogen-bond donors (Lipinski definition) is 2. The summed E-state index contributed by atoms with van der Waals surface area (Å²) in [5.41, 5.74) is 6.39. The maximum Gasteiger partial charge on any atom is 1.00 e. The summed E-state index contributed by atoms with van der Waals surface area (Å²) in [7, 11) is -4.77. The van der Waals surface area contributed by atoms with Gasteiger partial charge in [0.2, 0.25) is 0 Å². The Hall–Kier alpha value is -1.46. The van der Waals surface area contributed by atoms with Crippen molar-refractivity contribution in [1.29, 1.82) is 0 Å². The van der Waals surface area contributed by atoms with Crippen molar-refractivity contribution < 1.29 is 47.3 Å². The minimum atomic E-state index is -4.77. The van der Waals surface area contributed by atoms with Crippen LogP contribution in [0.1, 0.15) is 10.4 Å². The second-order valence-corrected chi connectivity index (χ2v) is 7.23. The van der Waals surface area contributed by atoms with Crippen molar-refractivity contribution in [3.63, 3.8) is 0 Å². The van der Waals surface area contributed by atoms with Gasteiger partial charge in [-0.3, -0.25) is 4.79 Å². The number of anilines is 2. The van der Waals surface area contributed by atoms with E-state index in [-0.39, 0.29) is 56.8 Å². The van der Waals surface area contributed by atoms with Crippen LogP contribution in [0.5, 0.6) is 0 Å². The molecule has 3 rings (SSSR count). The molecule has 0 saturated heterocycles. The zero-order valence-corrected chi connectivity index (χ0v) is 18.1. The van der Waals surface area contributed by atoms with Gasteiger partial charge in [-0.25, -0.2) is 18.4 Å². The number of benzene rings is 2. The van der Waals surface area contributed by atoms with E-state index in [4.69, 9.17) is 28.9 Å². The summed E-state index contributed by atoms with van der Waals surface area (Å²) in [6.07, 6.45) is 0. The molecule has 0 bridgehead atoms. The number of nitrogens with one attached hydrogen (secondary N) is 1. The standard InChI is InChI=1S/C15H10Cl2N4O4S.Na/c16-13-14(17)21-11-5-7(1-4-10(11)20-13)15(22)19-8-2-3-9(18)12(6-8)26(23,24)25;/h1-6H,18H2,(H,19,22)(H,23,24,25);/q;+1/p-1. The first kappa shape index (κ1) is 21.8. The zero-order chi connectivity index (χ0) is 19.1. The Bertz CT molecular complexity index is 1160. The number of halogens is 2. The van der Waals surface area contributed by atoms with Gasteiger partial charge in [-0.1, -0.05) is 23.2 Å². The van der Waals surface area contributed by atoms with Gasteiger partial charge in [0, 0.05) is 16.9 Å². The topological polar surface area (TPSA) is 138 Å². The Labute approximate surface area is 186 Å². The van der Waals surface area contributed by atoms with Crippen molar-refractivity contribution in [2.24, 2.45) is 0 Å². The fourth-order valence-corrected chi connectivity index (χ4v) is 3.08. The Morgan fingerprint density at radius 1 is 1.04 bits per heavy atom. The molecule has 0 fully saturated rings. The van der Waals surface area contributed by atoms with Gasteiger partial charge < -0.3 is 15.6 Å². The summed E-state index contributed by atoms with van der Waals surface area (Å²) < 4.78 is 33.5. The number of hydrogen-bond acceptors (Lipinski definition) is 7. The number of nitrogen functional groups attached to an aromatic ring is 1. The van der Waals surface area contributed by atoms with Crippen LogP contribution in [0, 0.1) is 0 Å². The molecule has 2 aromatic carbocycles. The first-order valence-corrected chi connectivity index (χ1v) is 9.11. The van der Waals surface area contributed by atoms with Crippen LogP contribution in [0.2, 0.25) is 10.3 Å². The van der Waals surface area contributed by atoms with E-state index in [2.05, 4.69) is 15.3 Å². The zero-order valence-electron chi connectivity index (χ0n) is 13.7. The Morgan fingerprint density at radius 3 is 2.30 bits per heavy atom. The molecule has 0 saturated carbocycles. The molecular weight excluding hydrogens is 426 g/mol. The number of carbonyl (C=O) groups excluding carboxylic acids is 1. The van der Waals surface area contributed by atoms with Gasteiger partial charge in [-0.15, -0.1) is 0 Å². The molecule has 1 heterocycles. The molecule has 8 nitrogen and oxygen atoms in total. The van der Waals surface area contributed by atoms with E-state index in [9.17, 15) is 17.8 Å². The first-order chi connectivity index (χ1) is 12.1. The third-order valence-electron chi connectivity index (χ3n) is 3.39. The smallest absolute Gasteiger partial charge is 0.744 e. The average molecular weight is 435 g/mol.